The normalized spacial score (nSPS) is 12.2. The molecule has 0 heterocycles. The van der Waals surface area contributed by atoms with Crippen LogP contribution in [0.4, 0.5) is 0 Å². The minimum atomic E-state index is -3.34. The summed E-state index contributed by atoms with van der Waals surface area (Å²) in [5, 5.41) is 0. The smallest absolute Gasteiger partial charge is 0.237 e. The van der Waals surface area contributed by atoms with Crippen LogP contribution in [-0.2, 0) is 14.8 Å². The summed E-state index contributed by atoms with van der Waals surface area (Å²) in [6.45, 7) is 8.87. The van der Waals surface area contributed by atoms with Crippen molar-refractivity contribution in [2.45, 2.75) is 46.6 Å². The van der Waals surface area contributed by atoms with Crippen LogP contribution in [0.1, 0.15) is 40.5 Å². The Labute approximate surface area is 111 Å². The molecule has 0 aromatic heterocycles. The first-order chi connectivity index (χ1) is 8.23. The minimum Gasteiger partial charge on any atom is -0.342 e. The summed E-state index contributed by atoms with van der Waals surface area (Å²) in [5.41, 5.74) is 0. The number of rotatable bonds is 8. The molecule has 0 aliphatic carbocycles. The lowest BCUT2D eigenvalue weighted by atomic mass is 10.3. The molecule has 0 aliphatic rings. The molecule has 0 N–H and O–H groups in total. The van der Waals surface area contributed by atoms with Crippen molar-refractivity contribution in [3.63, 3.8) is 0 Å². The molecule has 6 heteroatoms. The third-order valence-corrected chi connectivity index (χ3v) is 4.04. The molecule has 0 saturated heterocycles. The molecule has 108 valence electrons. The van der Waals surface area contributed by atoms with Crippen LogP contribution in [0.25, 0.3) is 0 Å². The zero-order chi connectivity index (χ0) is 14.3. The van der Waals surface area contributed by atoms with Gasteiger partial charge in [-0.1, -0.05) is 13.8 Å². The molecule has 0 atom stereocenters. The second kappa shape index (κ2) is 7.74. The van der Waals surface area contributed by atoms with E-state index in [2.05, 4.69) is 0 Å². The van der Waals surface area contributed by atoms with Gasteiger partial charge in [-0.25, -0.2) is 8.42 Å². The van der Waals surface area contributed by atoms with Crippen molar-refractivity contribution < 1.29 is 13.2 Å². The van der Waals surface area contributed by atoms with Gasteiger partial charge in [-0.3, -0.25) is 4.79 Å². The second-order valence-electron chi connectivity index (χ2n) is 4.78. The fourth-order valence-corrected chi connectivity index (χ4v) is 2.93. The molecule has 5 nitrogen and oxygen atoms in total. The van der Waals surface area contributed by atoms with Gasteiger partial charge in [-0.2, -0.15) is 4.31 Å². The molecule has 0 aromatic rings. The predicted molar refractivity (Wildman–Crippen MR) is 73.8 cm³/mol. The number of nitrogens with zero attached hydrogens (tertiary/aromatic N) is 2. The Morgan fingerprint density at radius 2 is 1.56 bits per heavy atom. The molecule has 0 rings (SSSR count). The molecule has 0 spiro atoms. The average Bonchev–Trinajstić information content (AvgIpc) is 2.23. The highest BCUT2D eigenvalue weighted by Crippen LogP contribution is 2.06. The zero-order valence-corrected chi connectivity index (χ0v) is 13.0. The van der Waals surface area contributed by atoms with Gasteiger partial charge in [0.15, 0.2) is 0 Å². The first-order valence-corrected chi connectivity index (χ1v) is 8.33. The average molecular weight is 278 g/mol. The molecule has 0 aliphatic heterocycles. The molecule has 0 bridgehead atoms. The maximum Gasteiger partial charge on any atom is 0.237 e. The highest BCUT2D eigenvalue weighted by Gasteiger charge is 2.25. The Bertz CT molecular complexity index is 346. The molecule has 0 saturated carbocycles. The zero-order valence-electron chi connectivity index (χ0n) is 12.1. The van der Waals surface area contributed by atoms with Crippen molar-refractivity contribution in [3.05, 3.63) is 0 Å². The van der Waals surface area contributed by atoms with Crippen LogP contribution in [-0.4, -0.2) is 55.5 Å². The Hall–Kier alpha value is -0.620. The largest absolute Gasteiger partial charge is 0.342 e. The number of carbonyl (C=O) groups is 1. The Morgan fingerprint density at radius 1 is 1.11 bits per heavy atom. The molecule has 1 amide bonds. The highest BCUT2D eigenvalue weighted by atomic mass is 32.2. The first kappa shape index (κ1) is 17.4. The SMILES string of the molecule is CCCN(CCC)C(=O)CN(C(C)C)S(C)(=O)=O. The van der Waals surface area contributed by atoms with Gasteiger partial charge in [0.2, 0.25) is 15.9 Å². The van der Waals surface area contributed by atoms with Crippen molar-refractivity contribution >= 4 is 15.9 Å². The van der Waals surface area contributed by atoms with Gasteiger partial charge in [0.1, 0.15) is 0 Å². The topological polar surface area (TPSA) is 57.7 Å². The number of hydrogen-bond donors (Lipinski definition) is 0. The van der Waals surface area contributed by atoms with E-state index in [1.807, 2.05) is 13.8 Å². The lowest BCUT2D eigenvalue weighted by molar-refractivity contribution is -0.131. The number of carbonyl (C=O) groups excluding carboxylic acids is 1. The van der Waals surface area contributed by atoms with Gasteiger partial charge in [0.25, 0.3) is 0 Å². The van der Waals surface area contributed by atoms with E-state index in [4.69, 9.17) is 0 Å². The van der Waals surface area contributed by atoms with E-state index in [9.17, 15) is 13.2 Å². The molecule has 0 aromatic carbocycles. The lowest BCUT2D eigenvalue weighted by Crippen LogP contribution is -2.45. The van der Waals surface area contributed by atoms with Gasteiger partial charge >= 0.3 is 0 Å². The van der Waals surface area contributed by atoms with E-state index < -0.39 is 10.0 Å². The third kappa shape index (κ3) is 5.82. The van der Waals surface area contributed by atoms with Crippen molar-refractivity contribution in [3.8, 4) is 0 Å². The standard InChI is InChI=1S/C12H26N2O3S/c1-6-8-13(9-7-2)12(15)10-14(11(3)4)18(5,16)17/h11H,6-10H2,1-5H3. The summed E-state index contributed by atoms with van der Waals surface area (Å²) >= 11 is 0. The summed E-state index contributed by atoms with van der Waals surface area (Å²) in [5.74, 6) is -0.113. The number of hydrogen-bond acceptors (Lipinski definition) is 3. The van der Waals surface area contributed by atoms with Crippen LogP contribution >= 0.6 is 0 Å². The summed E-state index contributed by atoms with van der Waals surface area (Å²) in [4.78, 5) is 13.8. The van der Waals surface area contributed by atoms with E-state index in [1.165, 1.54) is 4.31 Å². The van der Waals surface area contributed by atoms with Gasteiger partial charge in [-0.15, -0.1) is 0 Å². The van der Waals surface area contributed by atoms with E-state index in [1.54, 1.807) is 18.7 Å². The van der Waals surface area contributed by atoms with Crippen LogP contribution < -0.4 is 0 Å². The quantitative estimate of drug-likeness (QED) is 0.672. The predicted octanol–water partition coefficient (Wildman–Crippen LogP) is 1.31. The van der Waals surface area contributed by atoms with Crippen molar-refractivity contribution in [1.82, 2.24) is 9.21 Å². The monoisotopic (exact) mass is 278 g/mol. The summed E-state index contributed by atoms with van der Waals surface area (Å²) in [7, 11) is -3.34. The molecule has 0 unspecified atom stereocenters. The fraction of sp³-hybridized carbons (Fsp3) is 0.917. The number of sulfonamides is 1. The van der Waals surface area contributed by atoms with E-state index in [0.29, 0.717) is 13.1 Å². The maximum absolute atomic E-state index is 12.1. The fourth-order valence-electron chi connectivity index (χ4n) is 1.82. The minimum absolute atomic E-state index is 0.0590. The van der Waals surface area contributed by atoms with Gasteiger partial charge in [0, 0.05) is 19.1 Å². The van der Waals surface area contributed by atoms with E-state index in [0.717, 1.165) is 19.1 Å². The second-order valence-corrected chi connectivity index (χ2v) is 6.72. The molecular formula is C12H26N2O3S. The van der Waals surface area contributed by atoms with Crippen LogP contribution in [0.15, 0.2) is 0 Å². The van der Waals surface area contributed by atoms with Crippen molar-refractivity contribution in [2.24, 2.45) is 0 Å². The Balaban J connectivity index is 4.77. The maximum atomic E-state index is 12.1. The molecular weight excluding hydrogens is 252 g/mol. The molecule has 0 fully saturated rings. The summed E-state index contributed by atoms with van der Waals surface area (Å²) < 4.78 is 24.4. The van der Waals surface area contributed by atoms with Crippen LogP contribution in [0.5, 0.6) is 0 Å². The van der Waals surface area contributed by atoms with E-state index in [-0.39, 0.29) is 18.5 Å². The van der Waals surface area contributed by atoms with Gasteiger partial charge < -0.3 is 4.90 Å². The van der Waals surface area contributed by atoms with Crippen LogP contribution in [0, 0.1) is 0 Å². The lowest BCUT2D eigenvalue weighted by Gasteiger charge is -2.28. The van der Waals surface area contributed by atoms with Crippen molar-refractivity contribution in [1.29, 1.82) is 0 Å². The van der Waals surface area contributed by atoms with E-state index >= 15 is 0 Å². The summed E-state index contributed by atoms with van der Waals surface area (Å²) in [6, 6.07) is -0.200. The Kier molecular flexibility index (Phi) is 7.47. The highest BCUT2D eigenvalue weighted by molar-refractivity contribution is 7.88. The number of amides is 1. The van der Waals surface area contributed by atoms with Crippen LogP contribution in [0.3, 0.4) is 0 Å². The summed E-state index contributed by atoms with van der Waals surface area (Å²) in [6.07, 6.45) is 2.91. The van der Waals surface area contributed by atoms with Crippen molar-refractivity contribution in [2.75, 3.05) is 25.9 Å². The first-order valence-electron chi connectivity index (χ1n) is 6.48. The van der Waals surface area contributed by atoms with Gasteiger partial charge in [-0.05, 0) is 26.7 Å². The van der Waals surface area contributed by atoms with Gasteiger partial charge in [0.05, 0.1) is 12.8 Å². The molecule has 0 radical (unpaired) electrons. The Morgan fingerprint density at radius 3 is 1.83 bits per heavy atom. The molecule has 18 heavy (non-hydrogen) atoms. The van der Waals surface area contributed by atoms with Crippen LogP contribution in [0.2, 0.25) is 0 Å². The third-order valence-electron chi connectivity index (χ3n) is 2.63.